The molecule has 2 aromatic rings. The van der Waals surface area contributed by atoms with E-state index in [2.05, 4.69) is 15.5 Å². The molecule has 0 fully saturated rings. The normalized spacial score (nSPS) is 12.7. The van der Waals surface area contributed by atoms with Crippen molar-refractivity contribution < 1.29 is 19.1 Å². The summed E-state index contributed by atoms with van der Waals surface area (Å²) in [5, 5.41) is 5.61. The number of thioether (sulfide) groups is 1. The molecule has 2 unspecified atom stereocenters. The lowest BCUT2D eigenvalue weighted by molar-refractivity contribution is -0.128. The maximum absolute atomic E-state index is 13.3. The Morgan fingerprint density at radius 2 is 1.50 bits per heavy atom. The zero-order valence-electron chi connectivity index (χ0n) is 21.7. The zero-order chi connectivity index (χ0) is 26.3. The van der Waals surface area contributed by atoms with Crippen LogP contribution in [0.3, 0.4) is 0 Å². The third-order valence-corrected chi connectivity index (χ3v) is 6.40. The van der Waals surface area contributed by atoms with Gasteiger partial charge in [0.05, 0.1) is 11.8 Å². The second-order valence-electron chi connectivity index (χ2n) is 9.46. The number of carbonyl (C=O) groups excluding carboxylic acids is 3. The summed E-state index contributed by atoms with van der Waals surface area (Å²) in [7, 11) is 3.99. The van der Waals surface area contributed by atoms with Crippen molar-refractivity contribution in [1.29, 1.82) is 0 Å². The molecule has 2 amide bonds. The molecule has 0 heterocycles. The number of rotatable bonds is 15. The molecule has 7 nitrogen and oxygen atoms in total. The molecular weight excluding hydrogens is 474 g/mol. The summed E-state index contributed by atoms with van der Waals surface area (Å²) in [5.41, 5.74) is 1.82. The Balaban J connectivity index is 2.04. The third kappa shape index (κ3) is 11.7. The lowest BCUT2D eigenvalue weighted by Crippen LogP contribution is -2.53. The van der Waals surface area contributed by atoms with Crippen molar-refractivity contribution in [3.63, 3.8) is 0 Å². The quantitative estimate of drug-likeness (QED) is 0.351. The van der Waals surface area contributed by atoms with Crippen molar-refractivity contribution in [3.05, 3.63) is 71.8 Å². The summed E-state index contributed by atoms with van der Waals surface area (Å²) in [6.45, 7) is 4.94. The van der Waals surface area contributed by atoms with Crippen LogP contribution in [0.4, 0.5) is 4.79 Å². The second kappa shape index (κ2) is 16.0. The van der Waals surface area contributed by atoms with Gasteiger partial charge in [0.15, 0.2) is 5.78 Å². The Labute approximate surface area is 219 Å². The number of carbonyl (C=O) groups is 3. The Kier molecular flexibility index (Phi) is 13.1. The maximum atomic E-state index is 13.3. The fourth-order valence-corrected chi connectivity index (χ4v) is 4.54. The van der Waals surface area contributed by atoms with Crippen LogP contribution < -0.4 is 10.6 Å². The first-order chi connectivity index (χ1) is 17.2. The molecule has 0 saturated heterocycles. The lowest BCUT2D eigenvalue weighted by atomic mass is 10.00. The van der Waals surface area contributed by atoms with Gasteiger partial charge in [0.25, 0.3) is 0 Å². The van der Waals surface area contributed by atoms with E-state index < -0.39 is 18.2 Å². The molecule has 2 atom stereocenters. The highest BCUT2D eigenvalue weighted by molar-refractivity contribution is 7.99. The Morgan fingerprint density at radius 1 is 0.889 bits per heavy atom. The molecule has 0 bridgehead atoms. The van der Waals surface area contributed by atoms with Gasteiger partial charge in [-0.3, -0.25) is 9.59 Å². The molecule has 36 heavy (non-hydrogen) atoms. The number of nitrogens with zero attached hydrogens (tertiary/aromatic N) is 1. The fourth-order valence-electron chi connectivity index (χ4n) is 3.50. The third-order valence-electron chi connectivity index (χ3n) is 5.44. The van der Waals surface area contributed by atoms with Crippen molar-refractivity contribution in [2.75, 3.05) is 32.1 Å². The average Bonchev–Trinajstić information content (AvgIpc) is 2.85. The van der Waals surface area contributed by atoms with Gasteiger partial charge in [-0.2, -0.15) is 11.8 Å². The summed E-state index contributed by atoms with van der Waals surface area (Å²) in [4.78, 5) is 40.9. The van der Waals surface area contributed by atoms with Crippen molar-refractivity contribution in [1.82, 2.24) is 15.5 Å². The molecule has 0 spiro atoms. The summed E-state index contributed by atoms with van der Waals surface area (Å²) in [6, 6.07) is 17.5. The molecule has 0 aliphatic heterocycles. The number of hydrogen-bond donors (Lipinski definition) is 2. The molecule has 0 aliphatic rings. The van der Waals surface area contributed by atoms with E-state index >= 15 is 0 Å². The number of benzene rings is 2. The van der Waals surface area contributed by atoms with E-state index in [-0.39, 0.29) is 24.2 Å². The van der Waals surface area contributed by atoms with Gasteiger partial charge in [0.2, 0.25) is 5.91 Å². The second-order valence-corrected chi connectivity index (χ2v) is 10.6. The summed E-state index contributed by atoms with van der Waals surface area (Å²) in [5.74, 6) is 0.876. The number of hydrogen-bond acceptors (Lipinski definition) is 6. The number of nitrogens with one attached hydrogen (secondary N) is 2. The monoisotopic (exact) mass is 513 g/mol. The minimum Gasteiger partial charge on any atom is -0.445 e. The molecule has 0 saturated carbocycles. The number of amides is 2. The molecule has 2 aromatic carbocycles. The van der Waals surface area contributed by atoms with Crippen LogP contribution in [-0.4, -0.2) is 66.9 Å². The molecule has 8 heteroatoms. The van der Waals surface area contributed by atoms with Crippen LogP contribution >= 0.6 is 11.8 Å². The van der Waals surface area contributed by atoms with Gasteiger partial charge in [-0.15, -0.1) is 0 Å². The van der Waals surface area contributed by atoms with Gasteiger partial charge in [0, 0.05) is 12.3 Å². The lowest BCUT2D eigenvalue weighted by Gasteiger charge is -2.24. The number of ether oxygens (including phenoxy) is 1. The summed E-state index contributed by atoms with van der Waals surface area (Å²) >= 11 is 1.56. The van der Waals surface area contributed by atoms with Crippen LogP contribution in [0.2, 0.25) is 0 Å². The van der Waals surface area contributed by atoms with Crippen LogP contribution in [0.5, 0.6) is 0 Å². The van der Waals surface area contributed by atoms with Crippen LogP contribution in [0, 0.1) is 5.92 Å². The van der Waals surface area contributed by atoms with Crippen LogP contribution in [0.25, 0.3) is 0 Å². The smallest absolute Gasteiger partial charge is 0.408 e. The van der Waals surface area contributed by atoms with E-state index in [0.29, 0.717) is 18.6 Å². The van der Waals surface area contributed by atoms with Gasteiger partial charge < -0.3 is 20.3 Å². The van der Waals surface area contributed by atoms with Crippen molar-refractivity contribution in [2.24, 2.45) is 5.92 Å². The van der Waals surface area contributed by atoms with Crippen molar-refractivity contribution in [3.8, 4) is 0 Å². The largest absolute Gasteiger partial charge is 0.445 e. The van der Waals surface area contributed by atoms with Gasteiger partial charge in [0.1, 0.15) is 12.6 Å². The predicted molar refractivity (Wildman–Crippen MR) is 146 cm³/mol. The SMILES string of the molecule is CC(C)CC(NC(=O)OCc1ccccc1)C(=O)NC(Cc1ccccc1)C(=O)CSCCN(C)C. The number of Topliss-reactive ketones (excluding diaryl/α,β-unsaturated/α-hetero) is 1. The molecule has 0 aliphatic carbocycles. The highest BCUT2D eigenvalue weighted by Crippen LogP contribution is 2.11. The first-order valence-corrected chi connectivity index (χ1v) is 13.5. The first kappa shape index (κ1) is 29.4. The van der Waals surface area contributed by atoms with E-state index in [4.69, 9.17) is 4.74 Å². The Hall–Kier alpha value is -2.84. The molecule has 0 aromatic heterocycles. The van der Waals surface area contributed by atoms with Crippen LogP contribution in [-0.2, 0) is 27.4 Å². The van der Waals surface area contributed by atoms with Crippen LogP contribution in [0.1, 0.15) is 31.4 Å². The van der Waals surface area contributed by atoms with Gasteiger partial charge in [-0.1, -0.05) is 74.5 Å². The molecule has 2 N–H and O–H groups in total. The molecular formula is C28H39N3O4S. The minimum atomic E-state index is -0.805. The summed E-state index contributed by atoms with van der Waals surface area (Å²) in [6.07, 6.45) is 0.160. The maximum Gasteiger partial charge on any atom is 0.408 e. The molecule has 196 valence electrons. The molecule has 0 radical (unpaired) electrons. The van der Waals surface area contributed by atoms with Gasteiger partial charge in [-0.05, 0) is 44.0 Å². The molecule has 2 rings (SSSR count). The highest BCUT2D eigenvalue weighted by atomic mass is 32.2. The summed E-state index contributed by atoms with van der Waals surface area (Å²) < 4.78 is 5.32. The predicted octanol–water partition coefficient (Wildman–Crippen LogP) is 3.92. The zero-order valence-corrected chi connectivity index (χ0v) is 22.6. The first-order valence-electron chi connectivity index (χ1n) is 12.3. The van der Waals surface area contributed by atoms with E-state index in [1.807, 2.05) is 88.6 Å². The van der Waals surface area contributed by atoms with E-state index in [0.717, 1.165) is 23.4 Å². The van der Waals surface area contributed by atoms with Crippen molar-refractivity contribution >= 4 is 29.5 Å². The van der Waals surface area contributed by atoms with Gasteiger partial charge in [-0.25, -0.2) is 4.79 Å². The Bertz CT molecular complexity index is 938. The van der Waals surface area contributed by atoms with Crippen LogP contribution in [0.15, 0.2) is 60.7 Å². The minimum absolute atomic E-state index is 0.0362. The standard InChI is InChI=1S/C28H39N3O4S/c1-21(2)17-25(30-28(34)35-19-23-13-9-6-10-14-23)27(33)29-24(18-22-11-7-5-8-12-22)26(32)20-36-16-15-31(3)4/h5-14,21,24-25H,15-20H2,1-4H3,(H,29,33)(H,30,34). The van der Waals surface area contributed by atoms with E-state index in [1.54, 1.807) is 11.8 Å². The van der Waals surface area contributed by atoms with E-state index in [9.17, 15) is 14.4 Å². The fraction of sp³-hybridized carbons (Fsp3) is 0.464. The highest BCUT2D eigenvalue weighted by Gasteiger charge is 2.28. The van der Waals surface area contributed by atoms with E-state index in [1.165, 1.54) is 0 Å². The van der Waals surface area contributed by atoms with Crippen molar-refractivity contribution in [2.45, 2.75) is 45.4 Å². The Morgan fingerprint density at radius 3 is 2.08 bits per heavy atom. The number of alkyl carbamates (subject to hydrolysis) is 1. The number of ketones is 1. The topological polar surface area (TPSA) is 87.7 Å². The van der Waals surface area contributed by atoms with Gasteiger partial charge >= 0.3 is 6.09 Å². The average molecular weight is 514 g/mol.